The van der Waals surface area contributed by atoms with Crippen molar-refractivity contribution in [3.8, 4) is 0 Å². The maximum atomic E-state index is 10.5. The summed E-state index contributed by atoms with van der Waals surface area (Å²) in [6, 6.07) is 1.53. The topological polar surface area (TPSA) is 69.2 Å². The van der Waals surface area contributed by atoms with Crippen LogP contribution in [0.25, 0.3) is 0 Å². The molecule has 0 aliphatic rings. The summed E-state index contributed by atoms with van der Waals surface area (Å²) in [7, 11) is 0. The first kappa shape index (κ1) is 15.3. The summed E-state index contributed by atoms with van der Waals surface area (Å²) in [4.78, 5) is 10.1. The van der Waals surface area contributed by atoms with Gasteiger partial charge in [-0.05, 0) is 12.0 Å². The second kappa shape index (κ2) is 7.60. The summed E-state index contributed by atoms with van der Waals surface area (Å²) in [5, 5.41) is 12.4. The van der Waals surface area contributed by atoms with Gasteiger partial charge in [-0.2, -0.15) is 0 Å². The highest BCUT2D eigenvalue weighted by atomic mass is 35.5. The zero-order chi connectivity index (χ0) is 11.3. The van der Waals surface area contributed by atoms with Gasteiger partial charge in [-0.15, -0.1) is 12.4 Å². The molecule has 6 heteroatoms. The lowest BCUT2D eigenvalue weighted by Gasteiger charge is -2.08. The molecular formula is C10H17ClN2O2S. The number of nitrogens with zero attached hydrogens (tertiary/aromatic N) is 1. The first-order valence-corrected chi connectivity index (χ1v) is 6.01. The Morgan fingerprint density at radius 3 is 2.75 bits per heavy atom. The standard InChI is InChI=1S/C10H16N2O2S.ClH/c1-2-3-4-5-9(11)8-6-10(12(13)14)15-7-8;/h6-7,9H,2-5,11H2,1H3;1H/t9-;/m1./s1. The largest absolute Gasteiger partial charge is 0.324 e. The highest BCUT2D eigenvalue weighted by Gasteiger charge is 2.13. The molecule has 0 aliphatic heterocycles. The van der Waals surface area contributed by atoms with Crippen LogP contribution in [-0.4, -0.2) is 4.92 Å². The van der Waals surface area contributed by atoms with E-state index in [1.165, 1.54) is 6.42 Å². The fraction of sp³-hybridized carbons (Fsp3) is 0.600. The van der Waals surface area contributed by atoms with E-state index in [0.29, 0.717) is 0 Å². The van der Waals surface area contributed by atoms with Crippen molar-refractivity contribution >= 4 is 28.7 Å². The van der Waals surface area contributed by atoms with Gasteiger partial charge in [0.25, 0.3) is 0 Å². The van der Waals surface area contributed by atoms with E-state index in [1.54, 1.807) is 11.4 Å². The molecule has 0 aromatic carbocycles. The van der Waals surface area contributed by atoms with Crippen molar-refractivity contribution in [2.75, 3.05) is 0 Å². The SMILES string of the molecule is CCCCC[C@@H](N)c1csc([N+](=O)[O-])c1.Cl. The Hall–Kier alpha value is -0.650. The first-order chi connectivity index (χ1) is 7.15. The van der Waals surface area contributed by atoms with Crippen molar-refractivity contribution in [1.29, 1.82) is 0 Å². The number of hydrogen-bond acceptors (Lipinski definition) is 4. The summed E-state index contributed by atoms with van der Waals surface area (Å²) >= 11 is 1.15. The molecular weight excluding hydrogens is 248 g/mol. The van der Waals surface area contributed by atoms with Crippen molar-refractivity contribution in [2.45, 2.75) is 38.6 Å². The smallest absolute Gasteiger partial charge is 0.324 e. The Morgan fingerprint density at radius 1 is 1.56 bits per heavy atom. The van der Waals surface area contributed by atoms with Crippen molar-refractivity contribution in [3.63, 3.8) is 0 Å². The Bertz CT molecular complexity index is 330. The predicted molar refractivity (Wildman–Crippen MR) is 69.3 cm³/mol. The lowest BCUT2D eigenvalue weighted by molar-refractivity contribution is -0.380. The predicted octanol–water partition coefficient (Wildman–Crippen LogP) is 3.66. The quantitative estimate of drug-likeness (QED) is 0.484. The molecule has 2 N–H and O–H groups in total. The van der Waals surface area contributed by atoms with Crippen LogP contribution in [0.1, 0.15) is 44.2 Å². The van der Waals surface area contributed by atoms with Crippen LogP contribution in [-0.2, 0) is 0 Å². The molecule has 1 rings (SSSR count). The molecule has 0 saturated carbocycles. The van der Waals surface area contributed by atoms with Crippen molar-refractivity contribution in [3.05, 3.63) is 27.1 Å². The molecule has 0 aliphatic carbocycles. The molecule has 16 heavy (non-hydrogen) atoms. The van der Waals surface area contributed by atoms with Gasteiger partial charge < -0.3 is 5.73 Å². The van der Waals surface area contributed by atoms with E-state index >= 15 is 0 Å². The number of thiophene rings is 1. The lowest BCUT2D eigenvalue weighted by atomic mass is 10.0. The van der Waals surface area contributed by atoms with Crippen LogP contribution in [0, 0.1) is 10.1 Å². The molecule has 1 heterocycles. The minimum Gasteiger partial charge on any atom is -0.324 e. The van der Waals surface area contributed by atoms with Gasteiger partial charge in [0.1, 0.15) is 0 Å². The number of halogens is 1. The van der Waals surface area contributed by atoms with Crippen molar-refractivity contribution < 1.29 is 4.92 Å². The van der Waals surface area contributed by atoms with Crippen LogP contribution in [0.3, 0.4) is 0 Å². The summed E-state index contributed by atoms with van der Waals surface area (Å²) < 4.78 is 0. The third kappa shape index (κ3) is 4.47. The fourth-order valence-electron chi connectivity index (χ4n) is 1.41. The number of nitro groups is 1. The molecule has 0 bridgehead atoms. The third-order valence-electron chi connectivity index (χ3n) is 2.33. The van der Waals surface area contributed by atoms with E-state index in [-0.39, 0.29) is 28.4 Å². The highest BCUT2D eigenvalue weighted by molar-refractivity contribution is 7.13. The van der Waals surface area contributed by atoms with Gasteiger partial charge in [-0.3, -0.25) is 10.1 Å². The Labute approximate surface area is 105 Å². The van der Waals surface area contributed by atoms with Gasteiger partial charge in [-0.25, -0.2) is 0 Å². The summed E-state index contributed by atoms with van der Waals surface area (Å²) in [5.74, 6) is 0. The molecule has 1 atom stereocenters. The van der Waals surface area contributed by atoms with Crippen LogP contribution in [0.2, 0.25) is 0 Å². The molecule has 0 fully saturated rings. The third-order valence-corrected chi connectivity index (χ3v) is 3.23. The maximum Gasteiger partial charge on any atom is 0.324 e. The molecule has 0 radical (unpaired) electrons. The lowest BCUT2D eigenvalue weighted by Crippen LogP contribution is -2.08. The number of unbranched alkanes of at least 4 members (excludes halogenated alkanes) is 2. The van der Waals surface area contributed by atoms with Crippen molar-refractivity contribution in [1.82, 2.24) is 0 Å². The Morgan fingerprint density at radius 2 is 2.25 bits per heavy atom. The average Bonchev–Trinajstić information content (AvgIpc) is 2.66. The number of rotatable bonds is 6. The van der Waals surface area contributed by atoms with Crippen LogP contribution in [0.4, 0.5) is 5.00 Å². The Balaban J connectivity index is 0.00000225. The normalized spacial score (nSPS) is 11.9. The summed E-state index contributed by atoms with van der Waals surface area (Å²) in [6.07, 6.45) is 4.32. The van der Waals surface area contributed by atoms with E-state index in [2.05, 4.69) is 6.92 Å². The van der Waals surface area contributed by atoms with Crippen molar-refractivity contribution in [2.24, 2.45) is 5.73 Å². The van der Waals surface area contributed by atoms with Gasteiger partial charge >= 0.3 is 5.00 Å². The molecule has 0 spiro atoms. The van der Waals surface area contributed by atoms with Gasteiger partial charge in [-0.1, -0.05) is 37.5 Å². The van der Waals surface area contributed by atoms with Crippen LogP contribution < -0.4 is 5.73 Å². The molecule has 4 nitrogen and oxygen atoms in total. The zero-order valence-corrected chi connectivity index (χ0v) is 10.9. The number of nitrogens with two attached hydrogens (primary N) is 1. The van der Waals surface area contributed by atoms with Crippen LogP contribution >= 0.6 is 23.7 Å². The number of hydrogen-bond donors (Lipinski definition) is 1. The second-order valence-electron chi connectivity index (χ2n) is 3.58. The Kier molecular flexibility index (Phi) is 7.29. The zero-order valence-electron chi connectivity index (χ0n) is 9.22. The monoisotopic (exact) mass is 264 g/mol. The maximum absolute atomic E-state index is 10.5. The molecule has 1 aromatic heterocycles. The van der Waals surface area contributed by atoms with Gasteiger partial charge in [0.05, 0.1) is 4.92 Å². The van der Waals surface area contributed by atoms with Crippen LogP contribution in [0.15, 0.2) is 11.4 Å². The van der Waals surface area contributed by atoms with E-state index in [4.69, 9.17) is 5.73 Å². The van der Waals surface area contributed by atoms with E-state index < -0.39 is 0 Å². The minimum absolute atomic E-state index is 0. The van der Waals surface area contributed by atoms with Crippen LogP contribution in [0.5, 0.6) is 0 Å². The highest BCUT2D eigenvalue weighted by Crippen LogP contribution is 2.28. The van der Waals surface area contributed by atoms with Gasteiger partial charge in [0, 0.05) is 17.5 Å². The molecule has 0 unspecified atom stereocenters. The molecule has 1 aromatic rings. The molecule has 92 valence electrons. The fourth-order valence-corrected chi connectivity index (χ4v) is 2.20. The van der Waals surface area contributed by atoms with Gasteiger partial charge in [0.2, 0.25) is 0 Å². The first-order valence-electron chi connectivity index (χ1n) is 5.13. The molecule has 0 saturated heterocycles. The van der Waals surface area contributed by atoms with E-state index in [0.717, 1.165) is 36.2 Å². The van der Waals surface area contributed by atoms with E-state index in [1.807, 2.05) is 0 Å². The second-order valence-corrected chi connectivity index (χ2v) is 4.47. The summed E-state index contributed by atoms with van der Waals surface area (Å²) in [6.45, 7) is 2.14. The minimum atomic E-state index is -0.368. The van der Waals surface area contributed by atoms with E-state index in [9.17, 15) is 10.1 Å². The summed E-state index contributed by atoms with van der Waals surface area (Å²) in [5.41, 5.74) is 6.82. The molecule has 0 amide bonds. The van der Waals surface area contributed by atoms with Gasteiger partial charge in [0.15, 0.2) is 0 Å². The average molecular weight is 265 g/mol.